The zero-order valence-electron chi connectivity index (χ0n) is 18.3. The van der Waals surface area contributed by atoms with E-state index in [4.69, 9.17) is 20.4 Å². The maximum absolute atomic E-state index is 10.9. The van der Waals surface area contributed by atoms with Gasteiger partial charge in [0.2, 0.25) is 0 Å². The number of aliphatic carboxylic acids is 4. The van der Waals surface area contributed by atoms with E-state index in [-0.39, 0.29) is 12.8 Å². The highest BCUT2D eigenvalue weighted by molar-refractivity contribution is 5.93. The third-order valence-corrected chi connectivity index (χ3v) is 6.64. The third-order valence-electron chi connectivity index (χ3n) is 6.64. The van der Waals surface area contributed by atoms with Gasteiger partial charge in [-0.05, 0) is 24.7 Å². The second kappa shape index (κ2) is 14.8. The molecule has 1 aliphatic rings. The lowest BCUT2D eigenvalue weighted by Gasteiger charge is -2.19. The molecule has 178 valence electrons. The largest absolute Gasteiger partial charge is 0.481 e. The predicted molar refractivity (Wildman–Crippen MR) is 114 cm³/mol. The van der Waals surface area contributed by atoms with Crippen molar-refractivity contribution < 1.29 is 39.6 Å². The van der Waals surface area contributed by atoms with Crippen LogP contribution in [0.2, 0.25) is 0 Å². The molecule has 8 heteroatoms. The van der Waals surface area contributed by atoms with Crippen LogP contribution in [-0.4, -0.2) is 44.3 Å². The lowest BCUT2D eigenvalue weighted by Crippen LogP contribution is -2.23. The number of carbonyl (C=O) groups is 4. The fraction of sp³-hybridized carbons (Fsp3) is 0.826. The molecule has 0 aromatic rings. The molecular weight excluding hydrogens is 404 g/mol. The van der Waals surface area contributed by atoms with Crippen LogP contribution in [0.15, 0.2) is 0 Å². The highest BCUT2D eigenvalue weighted by atomic mass is 16.4. The Morgan fingerprint density at radius 2 is 0.871 bits per heavy atom. The number of carboxylic acid groups (broad SMARTS) is 4. The minimum absolute atomic E-state index is 0.191. The van der Waals surface area contributed by atoms with Crippen LogP contribution in [0.1, 0.15) is 96.3 Å². The summed E-state index contributed by atoms with van der Waals surface area (Å²) in [6.45, 7) is 0. The molecule has 0 aromatic heterocycles. The van der Waals surface area contributed by atoms with Crippen molar-refractivity contribution in [2.24, 2.45) is 23.7 Å². The zero-order valence-corrected chi connectivity index (χ0v) is 18.3. The summed E-state index contributed by atoms with van der Waals surface area (Å²) in [6.07, 6.45) is 13.7. The lowest BCUT2D eigenvalue weighted by molar-refractivity contribution is -0.156. The number of carboxylic acids is 4. The van der Waals surface area contributed by atoms with Gasteiger partial charge >= 0.3 is 23.9 Å². The normalized spacial score (nSPS) is 18.5. The first-order valence-electron chi connectivity index (χ1n) is 11.6. The maximum Gasteiger partial charge on any atom is 0.317 e. The van der Waals surface area contributed by atoms with E-state index in [0.29, 0.717) is 12.8 Å². The van der Waals surface area contributed by atoms with Gasteiger partial charge in [-0.3, -0.25) is 19.2 Å². The van der Waals surface area contributed by atoms with E-state index in [1.165, 1.54) is 32.1 Å². The van der Waals surface area contributed by atoms with Crippen LogP contribution in [0, 0.1) is 23.7 Å². The Morgan fingerprint density at radius 3 is 1.19 bits per heavy atom. The number of unbranched alkanes of at least 4 members (excludes halogenated alkanes) is 6. The van der Waals surface area contributed by atoms with Crippen molar-refractivity contribution in [1.82, 2.24) is 0 Å². The van der Waals surface area contributed by atoms with Crippen LogP contribution in [0.5, 0.6) is 0 Å². The molecule has 0 aliphatic heterocycles. The minimum Gasteiger partial charge on any atom is -0.481 e. The molecule has 1 saturated carbocycles. The van der Waals surface area contributed by atoms with Gasteiger partial charge in [0.1, 0.15) is 0 Å². The van der Waals surface area contributed by atoms with E-state index < -0.39 is 35.7 Å². The molecule has 0 aromatic carbocycles. The van der Waals surface area contributed by atoms with Gasteiger partial charge in [-0.1, -0.05) is 83.5 Å². The highest BCUT2D eigenvalue weighted by Crippen LogP contribution is 2.38. The van der Waals surface area contributed by atoms with Crippen LogP contribution in [0.3, 0.4) is 0 Å². The molecule has 0 spiro atoms. The van der Waals surface area contributed by atoms with E-state index >= 15 is 0 Å². The summed E-state index contributed by atoms with van der Waals surface area (Å²) < 4.78 is 0. The Labute approximate surface area is 184 Å². The van der Waals surface area contributed by atoms with Gasteiger partial charge in [0.15, 0.2) is 11.8 Å². The van der Waals surface area contributed by atoms with E-state index in [2.05, 4.69) is 0 Å². The Kier molecular flexibility index (Phi) is 12.9. The summed E-state index contributed by atoms with van der Waals surface area (Å²) in [5.41, 5.74) is 0. The van der Waals surface area contributed by atoms with Gasteiger partial charge in [0.25, 0.3) is 0 Å². The number of rotatable bonds is 18. The minimum atomic E-state index is -1.29. The summed E-state index contributed by atoms with van der Waals surface area (Å²) in [7, 11) is 0. The van der Waals surface area contributed by atoms with Crippen molar-refractivity contribution in [2.45, 2.75) is 96.3 Å². The Morgan fingerprint density at radius 1 is 0.548 bits per heavy atom. The molecule has 0 heterocycles. The molecule has 1 aliphatic carbocycles. The molecule has 0 radical (unpaired) electrons. The molecule has 1 fully saturated rings. The molecule has 8 nitrogen and oxygen atoms in total. The lowest BCUT2D eigenvalue weighted by atomic mass is 9.86. The van der Waals surface area contributed by atoms with Crippen LogP contribution < -0.4 is 0 Å². The van der Waals surface area contributed by atoms with E-state index in [1.54, 1.807) is 0 Å². The molecule has 1 rings (SSSR count). The van der Waals surface area contributed by atoms with Gasteiger partial charge in [-0.2, -0.15) is 0 Å². The fourth-order valence-corrected chi connectivity index (χ4v) is 4.80. The first-order valence-corrected chi connectivity index (χ1v) is 11.6. The first kappa shape index (κ1) is 26.9. The molecular formula is C23H38O8. The molecule has 0 amide bonds. The van der Waals surface area contributed by atoms with Crippen LogP contribution in [0.25, 0.3) is 0 Å². The summed E-state index contributed by atoms with van der Waals surface area (Å²) >= 11 is 0. The van der Waals surface area contributed by atoms with E-state index in [1.807, 2.05) is 0 Å². The average molecular weight is 443 g/mol. The predicted octanol–water partition coefficient (Wildman–Crippen LogP) is 4.65. The molecule has 4 N–H and O–H groups in total. The number of hydrogen-bond donors (Lipinski definition) is 4. The van der Waals surface area contributed by atoms with Crippen molar-refractivity contribution in [3.05, 3.63) is 0 Å². The zero-order chi connectivity index (χ0) is 23.2. The van der Waals surface area contributed by atoms with Gasteiger partial charge in [-0.25, -0.2) is 0 Å². The molecule has 31 heavy (non-hydrogen) atoms. The molecule has 0 bridgehead atoms. The van der Waals surface area contributed by atoms with Gasteiger partial charge < -0.3 is 20.4 Å². The average Bonchev–Trinajstić information content (AvgIpc) is 3.12. The summed E-state index contributed by atoms with van der Waals surface area (Å²) in [4.78, 5) is 43.5. The standard InChI is InChI=1S/C23H38O8/c24-20(25)18(21(26)27)14-7-3-1-5-10-16-12-9-13-17(16)11-6-2-4-8-15-19(22(28)29)23(30)31/h16-19H,1-15H2,(H,24,25)(H,26,27)(H,28,29)(H,30,31). The van der Waals surface area contributed by atoms with E-state index in [9.17, 15) is 19.2 Å². The van der Waals surface area contributed by atoms with Crippen molar-refractivity contribution >= 4 is 23.9 Å². The second-order valence-electron chi connectivity index (χ2n) is 8.89. The molecule has 0 saturated heterocycles. The highest BCUT2D eigenvalue weighted by Gasteiger charge is 2.27. The third kappa shape index (κ3) is 10.6. The monoisotopic (exact) mass is 442 g/mol. The summed E-state index contributed by atoms with van der Waals surface area (Å²) in [5.74, 6) is -6.16. The number of hydrogen-bond acceptors (Lipinski definition) is 4. The van der Waals surface area contributed by atoms with Gasteiger partial charge in [-0.15, -0.1) is 0 Å². The first-order chi connectivity index (χ1) is 14.7. The van der Waals surface area contributed by atoms with Crippen molar-refractivity contribution in [2.75, 3.05) is 0 Å². The van der Waals surface area contributed by atoms with Crippen LogP contribution in [0.4, 0.5) is 0 Å². The van der Waals surface area contributed by atoms with Crippen LogP contribution >= 0.6 is 0 Å². The topological polar surface area (TPSA) is 149 Å². The fourth-order valence-electron chi connectivity index (χ4n) is 4.80. The van der Waals surface area contributed by atoms with Crippen molar-refractivity contribution in [3.8, 4) is 0 Å². The SMILES string of the molecule is O=C(O)C(CCCCCCC1CCCC1CCCCCCC(C(=O)O)C(=O)O)C(=O)O. The molecule has 2 atom stereocenters. The molecule has 2 unspecified atom stereocenters. The maximum atomic E-state index is 10.9. The van der Waals surface area contributed by atoms with E-state index in [0.717, 1.165) is 50.4 Å². The Hall–Kier alpha value is -2.12. The Balaban J connectivity index is 2.12. The summed E-state index contributed by atoms with van der Waals surface area (Å²) in [5, 5.41) is 35.5. The van der Waals surface area contributed by atoms with Gasteiger partial charge in [0.05, 0.1) is 0 Å². The van der Waals surface area contributed by atoms with Crippen molar-refractivity contribution in [1.29, 1.82) is 0 Å². The quantitative estimate of drug-likeness (QED) is 0.177. The van der Waals surface area contributed by atoms with Gasteiger partial charge in [0, 0.05) is 0 Å². The summed E-state index contributed by atoms with van der Waals surface area (Å²) in [6, 6.07) is 0. The van der Waals surface area contributed by atoms with Crippen molar-refractivity contribution in [3.63, 3.8) is 0 Å². The smallest absolute Gasteiger partial charge is 0.317 e. The second-order valence-corrected chi connectivity index (χ2v) is 8.89. The Bertz CT molecular complexity index is 510. The van der Waals surface area contributed by atoms with Crippen LogP contribution in [-0.2, 0) is 19.2 Å².